The molecule has 0 N–H and O–H groups in total. The van der Waals surface area contributed by atoms with Crippen molar-refractivity contribution >= 4 is 6.16 Å². The van der Waals surface area contributed by atoms with Crippen LogP contribution in [0.2, 0.25) is 0 Å². The minimum atomic E-state index is -4.35. The van der Waals surface area contributed by atoms with E-state index in [0.717, 1.165) is 6.20 Å². The van der Waals surface area contributed by atoms with E-state index in [4.69, 9.17) is 15.0 Å². The first-order chi connectivity index (χ1) is 7.63. The minimum absolute atomic E-state index is 0. The van der Waals surface area contributed by atoms with Crippen LogP contribution in [-0.2, 0) is 6.54 Å². The zero-order chi connectivity index (χ0) is 13.6. The zero-order valence-corrected chi connectivity index (χ0v) is 23.2. The molecule has 0 unspecified atom stereocenters. The SMILES string of the molecule is Cc1cccn(CC(F)(F)F)c1=O.O=C([O-])[O-].[Cs+].[Cs+]. The number of hydrogen-bond donors (Lipinski definition) is 0. The molecule has 10 heteroatoms. The summed E-state index contributed by atoms with van der Waals surface area (Å²) in [6.45, 7) is 0.253. The summed E-state index contributed by atoms with van der Waals surface area (Å²) in [6, 6.07) is 2.90. The molecular formula is C9H8Cs2F3NO4. The third-order valence-electron chi connectivity index (χ3n) is 1.56. The molecular weight excluding hydrogens is 509 g/mol. The van der Waals surface area contributed by atoms with E-state index in [1.807, 2.05) is 0 Å². The number of hydrogen-bond acceptors (Lipinski definition) is 4. The molecule has 0 aliphatic rings. The van der Waals surface area contributed by atoms with Gasteiger partial charge in [0.1, 0.15) is 6.54 Å². The van der Waals surface area contributed by atoms with Crippen molar-refractivity contribution in [1.29, 1.82) is 0 Å². The summed E-state index contributed by atoms with van der Waals surface area (Å²) in [4.78, 5) is 19.4. The second-order valence-electron chi connectivity index (χ2n) is 2.99. The summed E-state index contributed by atoms with van der Waals surface area (Å²) in [5.41, 5.74) is -0.286. The fraction of sp³-hybridized carbons (Fsp3) is 0.333. The molecule has 1 aromatic rings. The number of nitrogens with zero attached hydrogens (tertiary/aromatic N) is 1. The summed E-state index contributed by atoms with van der Waals surface area (Å²) >= 11 is 0. The zero-order valence-electron chi connectivity index (χ0n) is 10.7. The first-order valence-electron chi connectivity index (χ1n) is 4.24. The minimum Gasteiger partial charge on any atom is -0.652 e. The predicted octanol–water partition coefficient (Wildman–Crippen LogP) is -6.72. The number of aromatic nitrogens is 1. The number of alkyl halides is 3. The van der Waals surface area contributed by atoms with Crippen LogP contribution in [0.1, 0.15) is 5.56 Å². The maximum atomic E-state index is 11.9. The van der Waals surface area contributed by atoms with E-state index in [0.29, 0.717) is 10.1 Å². The number of rotatable bonds is 1. The van der Waals surface area contributed by atoms with E-state index in [-0.39, 0.29) is 138 Å². The Balaban J connectivity index is -0.000000379. The summed E-state index contributed by atoms with van der Waals surface area (Å²) < 4.78 is 36.3. The van der Waals surface area contributed by atoms with Crippen LogP contribution in [0.3, 0.4) is 0 Å². The van der Waals surface area contributed by atoms with Crippen LogP contribution in [0.4, 0.5) is 18.0 Å². The van der Waals surface area contributed by atoms with E-state index in [2.05, 4.69) is 0 Å². The van der Waals surface area contributed by atoms with Gasteiger partial charge >= 0.3 is 144 Å². The molecule has 0 atom stereocenters. The maximum Gasteiger partial charge on any atom is 1.00 e. The third-order valence-corrected chi connectivity index (χ3v) is 1.56. The fourth-order valence-corrected chi connectivity index (χ4v) is 0.974. The molecule has 1 rings (SSSR count). The van der Waals surface area contributed by atoms with Crippen molar-refractivity contribution in [3.8, 4) is 0 Å². The number of carbonyl (C=O) groups is 1. The van der Waals surface area contributed by atoms with Crippen LogP contribution < -0.4 is 154 Å². The number of halogens is 3. The van der Waals surface area contributed by atoms with Crippen molar-refractivity contribution in [3.63, 3.8) is 0 Å². The third kappa shape index (κ3) is 14.8. The molecule has 0 amide bonds. The van der Waals surface area contributed by atoms with Crippen molar-refractivity contribution < 1.29 is 166 Å². The van der Waals surface area contributed by atoms with Crippen molar-refractivity contribution in [2.75, 3.05) is 0 Å². The van der Waals surface area contributed by atoms with Crippen molar-refractivity contribution in [2.24, 2.45) is 0 Å². The molecule has 0 spiro atoms. The van der Waals surface area contributed by atoms with Crippen molar-refractivity contribution in [2.45, 2.75) is 19.6 Å². The Bertz CT molecular complexity index is 444. The molecule has 5 nitrogen and oxygen atoms in total. The van der Waals surface area contributed by atoms with Gasteiger partial charge in [-0.1, -0.05) is 6.07 Å². The van der Waals surface area contributed by atoms with Gasteiger partial charge in [-0.15, -0.1) is 0 Å². The molecule has 0 aliphatic heterocycles. The summed E-state index contributed by atoms with van der Waals surface area (Å²) in [5.74, 6) is 0. The van der Waals surface area contributed by atoms with Crippen LogP contribution >= 0.6 is 0 Å². The number of carboxylic acid groups (broad SMARTS) is 2. The summed E-state index contributed by atoms with van der Waals surface area (Å²) in [7, 11) is 0. The average Bonchev–Trinajstić information content (AvgIpc) is 2.10. The van der Waals surface area contributed by atoms with Crippen LogP contribution in [0, 0.1) is 6.92 Å². The van der Waals surface area contributed by atoms with Crippen LogP contribution in [0.15, 0.2) is 23.1 Å². The van der Waals surface area contributed by atoms with E-state index in [1.165, 1.54) is 19.1 Å². The largest absolute Gasteiger partial charge is 1.00 e. The van der Waals surface area contributed by atoms with E-state index >= 15 is 0 Å². The molecule has 0 radical (unpaired) electrons. The van der Waals surface area contributed by atoms with Gasteiger partial charge in [0.2, 0.25) is 0 Å². The normalized spacial score (nSPS) is 9.26. The molecule has 0 saturated heterocycles. The Kier molecular flexibility index (Phi) is 17.3. The number of aryl methyl sites for hydroxylation is 1. The molecule has 0 bridgehead atoms. The fourth-order valence-electron chi connectivity index (χ4n) is 0.974. The van der Waals surface area contributed by atoms with E-state index < -0.39 is 24.4 Å². The second-order valence-corrected chi connectivity index (χ2v) is 2.99. The molecule has 0 aliphatic carbocycles. The van der Waals surface area contributed by atoms with E-state index in [9.17, 15) is 18.0 Å². The molecule has 19 heavy (non-hydrogen) atoms. The summed E-state index contributed by atoms with van der Waals surface area (Å²) in [6.07, 6.45) is -5.56. The molecule has 0 aromatic carbocycles. The van der Waals surface area contributed by atoms with Crippen LogP contribution in [0.5, 0.6) is 0 Å². The van der Waals surface area contributed by atoms with Crippen LogP contribution in [-0.4, -0.2) is 16.9 Å². The molecule has 1 heterocycles. The second kappa shape index (κ2) is 12.6. The smallest absolute Gasteiger partial charge is 0.652 e. The molecule has 96 valence electrons. The Labute approximate surface area is 224 Å². The first-order valence-corrected chi connectivity index (χ1v) is 4.24. The first kappa shape index (κ1) is 26.0. The van der Waals surface area contributed by atoms with E-state index in [1.54, 1.807) is 0 Å². The molecule has 1 aromatic heterocycles. The Hall–Kier alpha value is 2.11. The van der Waals surface area contributed by atoms with Crippen molar-refractivity contribution in [1.82, 2.24) is 4.57 Å². The standard InChI is InChI=1S/C8H8F3NO.CH2O3.2Cs/c1-6-3-2-4-12(7(6)13)5-8(9,10)11;2-1(3)4;;/h2-4H,5H2,1H3;(H2,2,3,4);;/q;;2*+1/p-2. The van der Waals surface area contributed by atoms with Gasteiger partial charge in [0.05, 0.1) is 0 Å². The van der Waals surface area contributed by atoms with Gasteiger partial charge in [-0.05, 0) is 19.1 Å². The van der Waals surface area contributed by atoms with Gasteiger partial charge in [-0.2, -0.15) is 13.2 Å². The number of carbonyl (C=O) groups excluding carboxylic acids is 1. The predicted molar refractivity (Wildman–Crippen MR) is 46.9 cm³/mol. The molecule has 0 fully saturated rings. The maximum absolute atomic E-state index is 11.9. The van der Waals surface area contributed by atoms with Crippen LogP contribution in [0.25, 0.3) is 0 Å². The average molecular weight is 517 g/mol. The van der Waals surface area contributed by atoms with Crippen molar-refractivity contribution in [3.05, 3.63) is 34.2 Å². The Morgan fingerprint density at radius 1 is 1.32 bits per heavy atom. The van der Waals surface area contributed by atoms with Gasteiger partial charge < -0.3 is 19.6 Å². The van der Waals surface area contributed by atoms with Gasteiger partial charge in [-0.25, -0.2) is 0 Å². The van der Waals surface area contributed by atoms with Gasteiger partial charge in [0.15, 0.2) is 0 Å². The topological polar surface area (TPSA) is 85.2 Å². The molecule has 0 saturated carbocycles. The quantitative estimate of drug-likeness (QED) is 0.371. The Morgan fingerprint density at radius 2 is 1.74 bits per heavy atom. The van der Waals surface area contributed by atoms with Gasteiger partial charge in [0, 0.05) is 11.8 Å². The monoisotopic (exact) mass is 517 g/mol. The van der Waals surface area contributed by atoms with Gasteiger partial charge in [-0.3, -0.25) is 4.79 Å². The Morgan fingerprint density at radius 3 is 2.11 bits per heavy atom. The summed E-state index contributed by atoms with van der Waals surface area (Å²) in [5, 5.41) is 16.7. The number of pyridine rings is 1. The van der Waals surface area contributed by atoms with Gasteiger partial charge in [0.25, 0.3) is 5.56 Å².